The van der Waals surface area contributed by atoms with Gasteiger partial charge in [-0.1, -0.05) is 11.3 Å². The van der Waals surface area contributed by atoms with E-state index in [0.29, 0.717) is 21.9 Å². The van der Waals surface area contributed by atoms with Gasteiger partial charge in [-0.2, -0.15) is 13.2 Å². The molecule has 0 N–H and O–H groups in total. The van der Waals surface area contributed by atoms with Crippen molar-refractivity contribution >= 4 is 35.2 Å². The number of hydrogen-bond donors (Lipinski definition) is 0. The predicted molar refractivity (Wildman–Crippen MR) is 86.6 cm³/mol. The summed E-state index contributed by atoms with van der Waals surface area (Å²) < 4.78 is 39.5. The molecule has 0 spiro atoms. The van der Waals surface area contributed by atoms with Crippen molar-refractivity contribution < 1.29 is 18.0 Å². The summed E-state index contributed by atoms with van der Waals surface area (Å²) in [5, 5.41) is 0. The van der Waals surface area contributed by atoms with Crippen LogP contribution < -0.4 is 4.80 Å². The fourth-order valence-electron chi connectivity index (χ4n) is 2.10. The van der Waals surface area contributed by atoms with Crippen LogP contribution in [0.3, 0.4) is 0 Å². The van der Waals surface area contributed by atoms with Gasteiger partial charge in [0, 0.05) is 19.2 Å². The Bertz CT molecular complexity index is 761. The van der Waals surface area contributed by atoms with Crippen molar-refractivity contribution in [2.75, 3.05) is 0 Å². The quantitative estimate of drug-likeness (QED) is 0.723. The lowest BCUT2D eigenvalue weighted by Gasteiger charge is -2.05. The number of carbonyl (C=O) groups excluding carboxylic acids is 1. The molecule has 3 nitrogen and oxygen atoms in total. The Morgan fingerprint density at radius 2 is 1.83 bits per heavy atom. The van der Waals surface area contributed by atoms with Gasteiger partial charge in [-0.15, -0.1) is 12.4 Å². The van der Waals surface area contributed by atoms with E-state index in [1.165, 1.54) is 30.4 Å². The highest BCUT2D eigenvalue weighted by atomic mass is 35.5. The molecule has 0 aliphatic heterocycles. The highest BCUT2D eigenvalue weighted by Gasteiger charge is 2.29. The van der Waals surface area contributed by atoms with Crippen LogP contribution in [-0.4, -0.2) is 10.4 Å². The molecule has 0 saturated carbocycles. The fraction of sp³-hybridized carbons (Fsp3) is 0.333. The average molecular weight is 365 g/mol. The second kappa shape index (κ2) is 7.31. The first-order chi connectivity index (χ1) is 10.2. The van der Waals surface area contributed by atoms with E-state index in [1.54, 1.807) is 0 Å². The number of rotatable bonds is 3. The molecule has 2 rings (SSSR count). The van der Waals surface area contributed by atoms with Crippen LogP contribution in [0.4, 0.5) is 18.9 Å². The molecule has 126 valence electrons. The molecular weight excluding hydrogens is 349 g/mol. The van der Waals surface area contributed by atoms with E-state index in [0.717, 1.165) is 17.8 Å². The Kier molecular flexibility index (Phi) is 6.18. The summed E-state index contributed by atoms with van der Waals surface area (Å²) in [5.74, 6) is -0.0430. The molecule has 0 bridgehead atoms. The van der Waals surface area contributed by atoms with E-state index in [9.17, 15) is 18.0 Å². The Labute approximate surface area is 141 Å². The van der Waals surface area contributed by atoms with Gasteiger partial charge >= 0.3 is 6.18 Å². The van der Waals surface area contributed by atoms with Crippen LogP contribution >= 0.6 is 23.7 Å². The standard InChI is InChI=1S/C15H15F3N2OS.ClH/c1-4-20-9(2)13(10(3)21)22-14(20)19-12-7-5-11(6-8-12)15(16,17)18;/h5-8H,4H2,1-3H3;1H/b19-14-;. The zero-order valence-electron chi connectivity index (χ0n) is 12.8. The van der Waals surface area contributed by atoms with Crippen LogP contribution in [-0.2, 0) is 12.7 Å². The van der Waals surface area contributed by atoms with E-state index >= 15 is 0 Å². The molecule has 2 aromatic rings. The normalized spacial score (nSPS) is 12.2. The Hall–Kier alpha value is -1.60. The van der Waals surface area contributed by atoms with E-state index in [-0.39, 0.29) is 18.2 Å². The van der Waals surface area contributed by atoms with Gasteiger partial charge in [-0.3, -0.25) is 4.79 Å². The number of thiazole rings is 1. The van der Waals surface area contributed by atoms with Crippen LogP contribution in [0.5, 0.6) is 0 Å². The maximum atomic E-state index is 12.5. The van der Waals surface area contributed by atoms with Crippen molar-refractivity contribution in [3.8, 4) is 0 Å². The number of halogens is 4. The maximum Gasteiger partial charge on any atom is 0.416 e. The summed E-state index contributed by atoms with van der Waals surface area (Å²) >= 11 is 1.25. The van der Waals surface area contributed by atoms with Gasteiger partial charge < -0.3 is 4.57 Å². The van der Waals surface area contributed by atoms with Gasteiger partial charge in [-0.25, -0.2) is 4.99 Å². The van der Waals surface area contributed by atoms with Gasteiger partial charge in [0.15, 0.2) is 10.6 Å². The molecule has 23 heavy (non-hydrogen) atoms. The zero-order chi connectivity index (χ0) is 16.5. The number of nitrogens with zero attached hydrogens (tertiary/aromatic N) is 2. The largest absolute Gasteiger partial charge is 0.416 e. The van der Waals surface area contributed by atoms with Crippen LogP contribution in [0.1, 0.15) is 34.8 Å². The Balaban J connectivity index is 0.00000264. The van der Waals surface area contributed by atoms with Crippen molar-refractivity contribution in [2.24, 2.45) is 4.99 Å². The molecule has 0 unspecified atom stereocenters. The lowest BCUT2D eigenvalue weighted by Crippen LogP contribution is -2.14. The molecule has 0 saturated heterocycles. The SMILES string of the molecule is CCn1c(C)c(C(C)=O)s/c1=N\c1ccc(C(F)(F)F)cc1.Cl. The van der Waals surface area contributed by atoms with Gasteiger partial charge in [0.25, 0.3) is 0 Å². The molecule has 1 aromatic heterocycles. The molecule has 1 heterocycles. The topological polar surface area (TPSA) is 34.4 Å². The minimum absolute atomic E-state index is 0. The molecule has 1 aromatic carbocycles. The van der Waals surface area contributed by atoms with E-state index in [4.69, 9.17) is 0 Å². The minimum atomic E-state index is -4.36. The summed E-state index contributed by atoms with van der Waals surface area (Å²) in [5.41, 5.74) is 0.541. The summed E-state index contributed by atoms with van der Waals surface area (Å²) in [7, 11) is 0. The minimum Gasteiger partial charge on any atom is -0.321 e. The van der Waals surface area contributed by atoms with Gasteiger partial charge in [0.2, 0.25) is 0 Å². The molecule has 0 amide bonds. The molecule has 8 heteroatoms. The molecule has 0 atom stereocenters. The van der Waals surface area contributed by atoms with Crippen LogP contribution in [0.15, 0.2) is 29.3 Å². The van der Waals surface area contributed by atoms with Gasteiger partial charge in [0.1, 0.15) is 0 Å². The maximum absolute atomic E-state index is 12.5. The average Bonchev–Trinajstić information content (AvgIpc) is 2.74. The number of ketones is 1. The summed E-state index contributed by atoms with van der Waals surface area (Å²) in [6, 6.07) is 4.65. The van der Waals surface area contributed by atoms with E-state index < -0.39 is 11.7 Å². The zero-order valence-corrected chi connectivity index (χ0v) is 14.4. The highest BCUT2D eigenvalue weighted by Crippen LogP contribution is 2.30. The lowest BCUT2D eigenvalue weighted by atomic mass is 10.2. The van der Waals surface area contributed by atoms with Gasteiger partial charge in [-0.05, 0) is 38.1 Å². The van der Waals surface area contributed by atoms with Crippen molar-refractivity contribution in [2.45, 2.75) is 33.5 Å². The molecule has 0 aliphatic carbocycles. The van der Waals surface area contributed by atoms with Crippen molar-refractivity contribution in [1.82, 2.24) is 4.57 Å². The molecule has 0 fully saturated rings. The third-order valence-electron chi connectivity index (χ3n) is 3.21. The first-order valence-electron chi connectivity index (χ1n) is 6.67. The second-order valence-corrected chi connectivity index (χ2v) is 5.73. The van der Waals surface area contributed by atoms with E-state index in [2.05, 4.69) is 4.99 Å². The van der Waals surface area contributed by atoms with Gasteiger partial charge in [0.05, 0.1) is 16.1 Å². The van der Waals surface area contributed by atoms with Crippen LogP contribution in [0, 0.1) is 6.92 Å². The van der Waals surface area contributed by atoms with Crippen LogP contribution in [0.25, 0.3) is 0 Å². The number of benzene rings is 1. The number of alkyl halides is 3. The Morgan fingerprint density at radius 1 is 1.26 bits per heavy atom. The lowest BCUT2D eigenvalue weighted by molar-refractivity contribution is -0.137. The second-order valence-electron chi connectivity index (χ2n) is 4.76. The van der Waals surface area contributed by atoms with Crippen molar-refractivity contribution in [3.63, 3.8) is 0 Å². The number of carbonyl (C=O) groups is 1. The summed E-state index contributed by atoms with van der Waals surface area (Å²) in [6.07, 6.45) is -4.36. The molecular formula is C15H16ClF3N2OS. The summed E-state index contributed by atoms with van der Waals surface area (Å²) in [6.45, 7) is 5.88. The fourth-order valence-corrected chi connectivity index (χ4v) is 3.22. The molecule has 0 aliphatic rings. The number of aromatic nitrogens is 1. The predicted octanol–water partition coefficient (Wildman–Crippen LogP) is 4.75. The third-order valence-corrected chi connectivity index (χ3v) is 4.49. The highest BCUT2D eigenvalue weighted by molar-refractivity contribution is 7.11. The Morgan fingerprint density at radius 3 is 2.26 bits per heavy atom. The summed E-state index contributed by atoms with van der Waals surface area (Å²) in [4.78, 5) is 17.2. The third kappa shape index (κ3) is 4.23. The smallest absolute Gasteiger partial charge is 0.321 e. The van der Waals surface area contributed by atoms with Crippen molar-refractivity contribution in [3.05, 3.63) is 45.2 Å². The first kappa shape index (κ1) is 19.4. The monoisotopic (exact) mass is 364 g/mol. The molecule has 0 radical (unpaired) electrons. The number of Topliss-reactive ketones (excluding diaryl/α,β-unsaturated/α-hetero) is 1. The first-order valence-corrected chi connectivity index (χ1v) is 7.48. The van der Waals surface area contributed by atoms with Crippen molar-refractivity contribution in [1.29, 1.82) is 0 Å². The van der Waals surface area contributed by atoms with E-state index in [1.807, 2.05) is 18.4 Å². The number of hydrogen-bond acceptors (Lipinski definition) is 3. The van der Waals surface area contributed by atoms with Crippen LogP contribution in [0.2, 0.25) is 0 Å².